The summed E-state index contributed by atoms with van der Waals surface area (Å²) < 4.78 is 55.9. The van der Waals surface area contributed by atoms with Gasteiger partial charge in [0, 0.05) is 37.3 Å². The van der Waals surface area contributed by atoms with Crippen LogP contribution in [0.25, 0.3) is 0 Å². The first-order chi connectivity index (χ1) is 18.4. The Kier molecular flexibility index (Phi) is 7.90. The van der Waals surface area contributed by atoms with Crippen LogP contribution in [0.2, 0.25) is 0 Å². The van der Waals surface area contributed by atoms with Crippen molar-refractivity contribution in [3.05, 3.63) is 46.6 Å². The van der Waals surface area contributed by atoms with Crippen LogP contribution in [0.1, 0.15) is 82.4 Å². The van der Waals surface area contributed by atoms with Gasteiger partial charge >= 0.3 is 12.3 Å². The molecule has 1 aromatic heterocycles. The molecule has 220 valence electrons. The summed E-state index contributed by atoms with van der Waals surface area (Å²) in [6, 6.07) is 4.31. The molecule has 40 heavy (non-hydrogen) atoms. The van der Waals surface area contributed by atoms with Gasteiger partial charge in [0.05, 0.1) is 17.2 Å². The average molecular weight is 565 g/mol. The maximum absolute atomic E-state index is 13.6. The minimum atomic E-state index is -4.65. The van der Waals surface area contributed by atoms with E-state index in [4.69, 9.17) is 9.47 Å². The summed E-state index contributed by atoms with van der Waals surface area (Å²) in [4.78, 5) is 31.8. The Bertz CT molecular complexity index is 1340. The summed E-state index contributed by atoms with van der Waals surface area (Å²) in [6.07, 6.45) is -2.31. The van der Waals surface area contributed by atoms with E-state index >= 15 is 0 Å². The standard InChI is InChI=1S/C29H39F3N4O4/c1-27(2,3)23-15-24(36(34(23)7)16-18-8-9-18)33-25(37)21-14-19(29(30,31)32)10-11-22(21)39-17-20-12-13-35(20)26(38)40-28(4,5)6/h10-11,14-15,18,20H,8-9,12-13,16-17H2,1-7H3/b33-24+/t20-/m0/s1. The van der Waals surface area contributed by atoms with Crippen LogP contribution in [0, 0.1) is 5.92 Å². The van der Waals surface area contributed by atoms with Crippen LogP contribution in [-0.2, 0) is 29.9 Å². The van der Waals surface area contributed by atoms with E-state index in [1.54, 1.807) is 20.8 Å². The Morgan fingerprint density at radius 2 is 1.70 bits per heavy atom. The van der Waals surface area contributed by atoms with E-state index in [0.717, 1.165) is 36.7 Å². The predicted molar refractivity (Wildman–Crippen MR) is 143 cm³/mol. The van der Waals surface area contributed by atoms with E-state index in [0.29, 0.717) is 30.9 Å². The Morgan fingerprint density at radius 1 is 1.02 bits per heavy atom. The van der Waals surface area contributed by atoms with Crippen LogP contribution in [0.5, 0.6) is 5.75 Å². The lowest BCUT2D eigenvalue weighted by molar-refractivity contribution is -0.137. The number of likely N-dealkylation sites (tertiary alicyclic amines) is 1. The molecule has 0 radical (unpaired) electrons. The first kappa shape index (κ1) is 29.7. The summed E-state index contributed by atoms with van der Waals surface area (Å²) in [5.74, 6) is -0.355. The summed E-state index contributed by atoms with van der Waals surface area (Å²) in [6.45, 7) is 12.6. The fourth-order valence-corrected chi connectivity index (χ4v) is 4.65. The van der Waals surface area contributed by atoms with Crippen LogP contribution in [-0.4, -0.2) is 51.1 Å². The predicted octanol–water partition coefficient (Wildman–Crippen LogP) is 5.68. The van der Waals surface area contributed by atoms with Gasteiger partial charge in [-0.1, -0.05) is 20.8 Å². The van der Waals surface area contributed by atoms with E-state index in [2.05, 4.69) is 25.8 Å². The highest BCUT2D eigenvalue weighted by Crippen LogP contribution is 2.34. The number of nitrogens with zero attached hydrogens (tertiary/aromatic N) is 4. The number of hydrogen-bond donors (Lipinski definition) is 0. The van der Waals surface area contributed by atoms with Crippen molar-refractivity contribution in [2.45, 2.75) is 90.6 Å². The second-order valence-corrected chi connectivity index (χ2v) is 12.7. The van der Waals surface area contributed by atoms with Gasteiger partial charge in [0.25, 0.3) is 5.91 Å². The summed E-state index contributed by atoms with van der Waals surface area (Å²) in [7, 11) is 1.90. The largest absolute Gasteiger partial charge is 0.491 e. The normalized spacial score (nSPS) is 18.5. The quantitative estimate of drug-likeness (QED) is 0.452. The monoisotopic (exact) mass is 564 g/mol. The van der Waals surface area contributed by atoms with Gasteiger partial charge in [0.1, 0.15) is 18.0 Å². The SMILES string of the molecule is Cn1c(C(C)(C)C)c/c(=N\C(=O)c2cc(C(F)(F)F)ccc2OC[C@@H]2CCN2C(=O)OC(C)(C)C)n1CC1CC1. The zero-order chi connectivity index (χ0) is 29.6. The van der Waals surface area contributed by atoms with E-state index in [1.165, 1.54) is 4.90 Å². The highest BCUT2D eigenvalue weighted by atomic mass is 19.4. The molecule has 4 rings (SSSR count). The van der Waals surface area contributed by atoms with E-state index in [1.807, 2.05) is 22.5 Å². The maximum atomic E-state index is 13.6. The van der Waals surface area contributed by atoms with Crippen LogP contribution < -0.4 is 10.2 Å². The number of ether oxygens (including phenoxy) is 2. The topological polar surface area (TPSA) is 78.1 Å². The third kappa shape index (κ3) is 6.90. The Labute approximate surface area is 232 Å². The minimum Gasteiger partial charge on any atom is -0.491 e. The second kappa shape index (κ2) is 10.6. The number of amides is 2. The molecule has 1 saturated carbocycles. The molecule has 2 heterocycles. The van der Waals surface area contributed by atoms with Crippen LogP contribution in [0.15, 0.2) is 29.3 Å². The fourth-order valence-electron chi connectivity index (χ4n) is 4.65. The molecule has 1 aliphatic heterocycles. The number of aromatic nitrogens is 2. The Balaban J connectivity index is 1.64. The molecule has 1 saturated heterocycles. The highest BCUT2D eigenvalue weighted by Gasteiger charge is 2.37. The van der Waals surface area contributed by atoms with Crippen molar-refractivity contribution >= 4 is 12.0 Å². The van der Waals surface area contributed by atoms with Crippen molar-refractivity contribution in [1.82, 2.24) is 14.3 Å². The second-order valence-electron chi connectivity index (χ2n) is 12.7. The Hall–Kier alpha value is -3.24. The molecule has 0 bridgehead atoms. The lowest BCUT2D eigenvalue weighted by Gasteiger charge is -2.41. The first-order valence-electron chi connectivity index (χ1n) is 13.6. The van der Waals surface area contributed by atoms with Crippen LogP contribution >= 0.6 is 0 Å². The zero-order valence-electron chi connectivity index (χ0n) is 24.3. The molecule has 0 spiro atoms. The van der Waals surface area contributed by atoms with Crippen LogP contribution in [0.4, 0.5) is 18.0 Å². The zero-order valence-corrected chi connectivity index (χ0v) is 24.3. The molecule has 1 aliphatic carbocycles. The molecular formula is C29H39F3N4O4. The van der Waals surface area contributed by atoms with Gasteiger partial charge in [-0.3, -0.25) is 14.2 Å². The Morgan fingerprint density at radius 3 is 2.23 bits per heavy atom. The highest BCUT2D eigenvalue weighted by molar-refractivity contribution is 5.97. The molecular weight excluding hydrogens is 525 g/mol. The molecule has 8 nitrogen and oxygen atoms in total. The van der Waals surface area contributed by atoms with E-state index in [-0.39, 0.29) is 29.4 Å². The van der Waals surface area contributed by atoms with Crippen molar-refractivity contribution in [2.24, 2.45) is 18.0 Å². The molecule has 2 aliphatic rings. The third-order valence-corrected chi connectivity index (χ3v) is 7.09. The van der Waals surface area contributed by atoms with Gasteiger partial charge < -0.3 is 14.4 Å². The molecule has 1 aromatic carbocycles. The smallest absolute Gasteiger partial charge is 0.416 e. The van der Waals surface area contributed by atoms with E-state index < -0.39 is 29.3 Å². The van der Waals surface area contributed by atoms with Crippen molar-refractivity contribution in [1.29, 1.82) is 0 Å². The minimum absolute atomic E-state index is 0.00603. The van der Waals surface area contributed by atoms with Gasteiger partial charge in [0.15, 0.2) is 5.49 Å². The van der Waals surface area contributed by atoms with Crippen molar-refractivity contribution in [2.75, 3.05) is 13.2 Å². The molecule has 0 N–H and O–H groups in total. The molecule has 1 atom stereocenters. The summed E-state index contributed by atoms with van der Waals surface area (Å²) in [5, 5.41) is 0. The van der Waals surface area contributed by atoms with Gasteiger partial charge in [-0.05, 0) is 64.2 Å². The molecule has 2 fully saturated rings. The number of carbonyl (C=O) groups excluding carboxylic acids is 2. The lowest BCUT2D eigenvalue weighted by Crippen LogP contribution is -2.55. The van der Waals surface area contributed by atoms with Gasteiger partial charge in [0.2, 0.25) is 0 Å². The number of carbonyl (C=O) groups is 2. The lowest BCUT2D eigenvalue weighted by atomic mass is 9.92. The molecule has 2 aromatic rings. The average Bonchev–Trinajstić information content (AvgIpc) is 3.55. The van der Waals surface area contributed by atoms with Crippen molar-refractivity contribution < 1.29 is 32.2 Å². The molecule has 11 heteroatoms. The van der Waals surface area contributed by atoms with Gasteiger partial charge in [-0.25, -0.2) is 4.79 Å². The van der Waals surface area contributed by atoms with E-state index in [9.17, 15) is 22.8 Å². The number of halogens is 3. The summed E-state index contributed by atoms with van der Waals surface area (Å²) >= 11 is 0. The molecule has 2 amide bonds. The summed E-state index contributed by atoms with van der Waals surface area (Å²) in [5.41, 5.74) is -0.795. The molecule has 0 unspecified atom stereocenters. The number of benzene rings is 1. The fraction of sp³-hybridized carbons (Fsp3) is 0.621. The van der Waals surface area contributed by atoms with Crippen molar-refractivity contribution in [3.63, 3.8) is 0 Å². The first-order valence-corrected chi connectivity index (χ1v) is 13.6. The number of hydrogen-bond acceptors (Lipinski definition) is 4. The number of alkyl halides is 3. The van der Waals surface area contributed by atoms with Crippen molar-refractivity contribution in [3.8, 4) is 5.75 Å². The number of rotatable bonds is 6. The van der Waals surface area contributed by atoms with Crippen LogP contribution in [0.3, 0.4) is 0 Å². The van der Waals surface area contributed by atoms with Gasteiger partial charge in [-0.15, -0.1) is 0 Å². The third-order valence-electron chi connectivity index (χ3n) is 7.09. The maximum Gasteiger partial charge on any atom is 0.416 e. The van der Waals surface area contributed by atoms with Gasteiger partial charge in [-0.2, -0.15) is 18.2 Å².